The molecule has 0 aromatic heterocycles. The fourth-order valence-electron chi connectivity index (χ4n) is 5.23. The Balaban J connectivity index is 1.39. The number of allylic oxidation sites excluding steroid dienone is 5. The molecule has 1 saturated carbocycles. The Morgan fingerprint density at radius 1 is 0.941 bits per heavy atom. The van der Waals surface area contributed by atoms with Gasteiger partial charge < -0.3 is 0 Å². The van der Waals surface area contributed by atoms with Gasteiger partial charge in [-0.2, -0.15) is 0 Å². The molecule has 34 heavy (non-hydrogen) atoms. The third-order valence-electron chi connectivity index (χ3n) is 7.35. The minimum Gasteiger partial charge on any atom is -0.295 e. The maximum absolute atomic E-state index is 12.8. The molecular formula is C32H34O2. The van der Waals surface area contributed by atoms with E-state index in [1.54, 1.807) is 6.08 Å². The SMILES string of the molecule is C=CC(=O)C1CC(CCC2C(=O)C=Cc3ccc(C/C(C=C)=C/CCc4ccccc4)cc32)C1. The summed E-state index contributed by atoms with van der Waals surface area (Å²) in [5.74, 6) is 0.972. The third-order valence-corrected chi connectivity index (χ3v) is 7.35. The fraction of sp³-hybridized carbons (Fsp3) is 0.312. The molecule has 4 rings (SSSR count). The van der Waals surface area contributed by atoms with E-state index in [1.807, 2.05) is 18.2 Å². The van der Waals surface area contributed by atoms with Gasteiger partial charge in [0.25, 0.3) is 0 Å². The van der Waals surface area contributed by atoms with Crippen molar-refractivity contribution >= 4 is 17.6 Å². The van der Waals surface area contributed by atoms with Crippen LogP contribution >= 0.6 is 0 Å². The molecular weight excluding hydrogens is 416 g/mol. The van der Waals surface area contributed by atoms with Crippen LogP contribution in [0.1, 0.15) is 60.3 Å². The van der Waals surface area contributed by atoms with Crippen LogP contribution in [0.5, 0.6) is 0 Å². The number of fused-ring (bicyclic) bond motifs is 1. The third kappa shape index (κ3) is 5.80. The van der Waals surface area contributed by atoms with E-state index in [4.69, 9.17) is 0 Å². The van der Waals surface area contributed by atoms with Crippen molar-refractivity contribution in [1.82, 2.24) is 0 Å². The number of ketones is 2. The van der Waals surface area contributed by atoms with E-state index < -0.39 is 0 Å². The number of carbonyl (C=O) groups excluding carboxylic acids is 2. The van der Waals surface area contributed by atoms with E-state index in [0.717, 1.165) is 56.1 Å². The molecule has 0 spiro atoms. The van der Waals surface area contributed by atoms with E-state index in [9.17, 15) is 9.59 Å². The highest BCUT2D eigenvalue weighted by Crippen LogP contribution is 2.41. The minimum atomic E-state index is -0.0802. The Kier molecular flexibility index (Phi) is 7.90. The number of hydrogen-bond donors (Lipinski definition) is 0. The Bertz CT molecular complexity index is 1110. The summed E-state index contributed by atoms with van der Waals surface area (Å²) in [4.78, 5) is 24.5. The fourth-order valence-corrected chi connectivity index (χ4v) is 5.23. The molecule has 2 aliphatic carbocycles. The first-order valence-electron chi connectivity index (χ1n) is 12.4. The monoisotopic (exact) mass is 450 g/mol. The van der Waals surface area contributed by atoms with Gasteiger partial charge in [0.05, 0.1) is 0 Å². The van der Waals surface area contributed by atoms with E-state index in [-0.39, 0.29) is 23.4 Å². The largest absolute Gasteiger partial charge is 0.295 e. The second-order valence-electron chi connectivity index (χ2n) is 9.65. The molecule has 0 amide bonds. The molecule has 1 atom stereocenters. The van der Waals surface area contributed by atoms with Crippen LogP contribution in [0.3, 0.4) is 0 Å². The highest BCUT2D eigenvalue weighted by molar-refractivity contribution is 6.02. The van der Waals surface area contributed by atoms with Crippen molar-refractivity contribution in [2.75, 3.05) is 0 Å². The predicted molar refractivity (Wildman–Crippen MR) is 141 cm³/mol. The Hall–Kier alpha value is -3.26. The van der Waals surface area contributed by atoms with Crippen molar-refractivity contribution in [3.8, 4) is 0 Å². The molecule has 0 saturated heterocycles. The zero-order valence-electron chi connectivity index (χ0n) is 19.9. The lowest BCUT2D eigenvalue weighted by Gasteiger charge is -2.34. The molecule has 0 aliphatic heterocycles. The number of rotatable bonds is 11. The van der Waals surface area contributed by atoms with E-state index in [0.29, 0.717) is 5.92 Å². The summed E-state index contributed by atoms with van der Waals surface area (Å²) in [6, 6.07) is 17.1. The summed E-state index contributed by atoms with van der Waals surface area (Å²) in [7, 11) is 0. The average molecular weight is 451 g/mol. The zero-order chi connectivity index (χ0) is 23.9. The maximum Gasteiger partial charge on any atom is 0.163 e. The summed E-state index contributed by atoms with van der Waals surface area (Å²) in [6.07, 6.45) is 15.9. The minimum absolute atomic E-state index is 0.0802. The van der Waals surface area contributed by atoms with Crippen LogP contribution in [-0.2, 0) is 22.4 Å². The number of carbonyl (C=O) groups is 2. The highest BCUT2D eigenvalue weighted by Gasteiger charge is 2.34. The number of aryl methyl sites for hydroxylation is 1. The molecule has 0 N–H and O–H groups in total. The lowest BCUT2D eigenvalue weighted by Crippen LogP contribution is -2.30. The second kappa shape index (κ2) is 11.2. The molecule has 2 nitrogen and oxygen atoms in total. The van der Waals surface area contributed by atoms with Crippen LogP contribution in [0.2, 0.25) is 0 Å². The van der Waals surface area contributed by atoms with Crippen LogP contribution in [0.15, 0.2) is 91.6 Å². The second-order valence-corrected chi connectivity index (χ2v) is 9.65. The van der Waals surface area contributed by atoms with Gasteiger partial charge in [0, 0.05) is 11.8 Å². The standard InChI is InChI=1S/C32H34O2/c1-3-23(11-8-12-24-9-6-5-7-10-24)19-25-13-15-27-16-18-32(34)29(30(27)22-25)17-14-26-20-28(21-26)31(33)4-2/h3-7,9-11,13,15-16,18,22,26,28-29H,1-2,8,12,14,17,19-21H2/b23-11+. The number of benzene rings is 2. The Morgan fingerprint density at radius 3 is 2.47 bits per heavy atom. The van der Waals surface area contributed by atoms with Gasteiger partial charge in [-0.25, -0.2) is 0 Å². The molecule has 174 valence electrons. The molecule has 1 unspecified atom stereocenters. The Labute approximate surface area is 203 Å². The van der Waals surface area contributed by atoms with E-state index in [2.05, 4.69) is 61.7 Å². The molecule has 0 heterocycles. The van der Waals surface area contributed by atoms with Gasteiger partial charge in [0.15, 0.2) is 11.6 Å². The molecule has 2 aliphatic rings. The first kappa shape index (κ1) is 23.9. The summed E-state index contributed by atoms with van der Waals surface area (Å²) in [6.45, 7) is 7.62. The van der Waals surface area contributed by atoms with Crippen molar-refractivity contribution in [3.63, 3.8) is 0 Å². The maximum atomic E-state index is 12.8. The van der Waals surface area contributed by atoms with E-state index in [1.165, 1.54) is 22.8 Å². The van der Waals surface area contributed by atoms with Crippen molar-refractivity contribution in [2.45, 2.75) is 50.9 Å². The van der Waals surface area contributed by atoms with Crippen molar-refractivity contribution in [3.05, 3.63) is 114 Å². The van der Waals surface area contributed by atoms with Crippen LogP contribution < -0.4 is 0 Å². The summed E-state index contributed by atoms with van der Waals surface area (Å²) in [5.41, 5.74) is 6.08. The topological polar surface area (TPSA) is 34.1 Å². The quantitative estimate of drug-likeness (QED) is 0.268. The van der Waals surface area contributed by atoms with Crippen molar-refractivity contribution in [1.29, 1.82) is 0 Å². The van der Waals surface area contributed by atoms with Gasteiger partial charge in [-0.15, -0.1) is 0 Å². The Morgan fingerprint density at radius 2 is 1.74 bits per heavy atom. The van der Waals surface area contributed by atoms with Crippen LogP contribution in [-0.4, -0.2) is 11.6 Å². The van der Waals surface area contributed by atoms with Gasteiger partial charge >= 0.3 is 0 Å². The molecule has 1 fully saturated rings. The van der Waals surface area contributed by atoms with Crippen LogP contribution in [0.25, 0.3) is 6.08 Å². The molecule has 2 aromatic carbocycles. The average Bonchev–Trinajstić information content (AvgIpc) is 2.84. The lowest BCUT2D eigenvalue weighted by molar-refractivity contribution is -0.122. The van der Waals surface area contributed by atoms with Gasteiger partial charge in [-0.05, 0) is 90.8 Å². The molecule has 2 aromatic rings. The lowest BCUT2D eigenvalue weighted by atomic mass is 9.69. The van der Waals surface area contributed by atoms with Crippen molar-refractivity contribution < 1.29 is 9.59 Å². The van der Waals surface area contributed by atoms with Gasteiger partial charge in [-0.1, -0.05) is 79.9 Å². The normalized spacial score (nSPS) is 21.5. The van der Waals surface area contributed by atoms with Gasteiger partial charge in [-0.3, -0.25) is 9.59 Å². The highest BCUT2D eigenvalue weighted by atomic mass is 16.1. The predicted octanol–water partition coefficient (Wildman–Crippen LogP) is 7.22. The zero-order valence-corrected chi connectivity index (χ0v) is 19.9. The van der Waals surface area contributed by atoms with E-state index >= 15 is 0 Å². The smallest absolute Gasteiger partial charge is 0.163 e. The molecule has 2 heteroatoms. The first-order chi connectivity index (χ1) is 16.6. The van der Waals surface area contributed by atoms with Crippen molar-refractivity contribution in [2.24, 2.45) is 11.8 Å². The first-order valence-corrected chi connectivity index (χ1v) is 12.4. The molecule has 0 bridgehead atoms. The number of hydrogen-bond acceptors (Lipinski definition) is 2. The summed E-state index contributed by atoms with van der Waals surface area (Å²) >= 11 is 0. The van der Waals surface area contributed by atoms with Gasteiger partial charge in [0.2, 0.25) is 0 Å². The summed E-state index contributed by atoms with van der Waals surface area (Å²) < 4.78 is 0. The molecule has 0 radical (unpaired) electrons. The van der Waals surface area contributed by atoms with Crippen LogP contribution in [0, 0.1) is 11.8 Å². The summed E-state index contributed by atoms with van der Waals surface area (Å²) in [5, 5.41) is 0. The van der Waals surface area contributed by atoms with Crippen LogP contribution in [0.4, 0.5) is 0 Å². The van der Waals surface area contributed by atoms with Gasteiger partial charge in [0.1, 0.15) is 0 Å².